The fourth-order valence-electron chi connectivity index (χ4n) is 1.58. The number of hydrogen-bond donors (Lipinski definition) is 1. The normalized spacial score (nSPS) is 11.6. The average Bonchev–Trinajstić information content (AvgIpc) is 2.39. The monoisotopic (exact) mass is 317 g/mol. The van der Waals surface area contributed by atoms with E-state index < -0.39 is 11.7 Å². The first-order chi connectivity index (χ1) is 9.36. The van der Waals surface area contributed by atoms with Crippen molar-refractivity contribution in [3.05, 3.63) is 58.6 Å². The predicted octanol–water partition coefficient (Wildman–Crippen LogP) is 5.23. The molecule has 6 heteroatoms. The van der Waals surface area contributed by atoms with Gasteiger partial charge in [0.05, 0.1) is 10.6 Å². The van der Waals surface area contributed by atoms with Crippen LogP contribution in [-0.4, -0.2) is 0 Å². The number of hydrogen-bond acceptors (Lipinski definition) is 2. The SMILES string of the molecule is Nc1ccc(Cl)c(SCc2ccc(C(F)(F)F)cc2)c1. The standard InChI is InChI=1S/C14H11ClF3NS/c15-12-6-5-11(19)7-13(12)20-8-9-1-3-10(4-2-9)14(16,17)18/h1-7H,8,19H2. The summed E-state index contributed by atoms with van der Waals surface area (Å²) in [5, 5.41) is 0.580. The molecule has 0 heterocycles. The highest BCUT2D eigenvalue weighted by molar-refractivity contribution is 7.98. The Labute approximate surface area is 123 Å². The lowest BCUT2D eigenvalue weighted by Gasteiger charge is -2.08. The van der Waals surface area contributed by atoms with Gasteiger partial charge >= 0.3 is 6.18 Å². The molecule has 20 heavy (non-hydrogen) atoms. The summed E-state index contributed by atoms with van der Waals surface area (Å²) >= 11 is 7.46. The zero-order valence-corrected chi connectivity index (χ0v) is 11.8. The Morgan fingerprint density at radius 1 is 1.05 bits per heavy atom. The van der Waals surface area contributed by atoms with Gasteiger partial charge in [0.2, 0.25) is 0 Å². The van der Waals surface area contributed by atoms with Crippen LogP contribution in [0.3, 0.4) is 0 Å². The Hall–Kier alpha value is -1.33. The van der Waals surface area contributed by atoms with E-state index in [-0.39, 0.29) is 0 Å². The van der Waals surface area contributed by atoms with E-state index >= 15 is 0 Å². The quantitative estimate of drug-likeness (QED) is 0.619. The minimum atomic E-state index is -4.30. The molecular formula is C14H11ClF3NS. The molecule has 0 saturated heterocycles. The van der Waals surface area contributed by atoms with Gasteiger partial charge in [-0.2, -0.15) is 13.2 Å². The van der Waals surface area contributed by atoms with Crippen molar-refractivity contribution in [1.82, 2.24) is 0 Å². The van der Waals surface area contributed by atoms with Crippen molar-refractivity contribution in [2.75, 3.05) is 5.73 Å². The van der Waals surface area contributed by atoms with Crippen LogP contribution in [0.1, 0.15) is 11.1 Å². The number of alkyl halides is 3. The molecular weight excluding hydrogens is 307 g/mol. The van der Waals surface area contributed by atoms with E-state index in [0.29, 0.717) is 16.5 Å². The highest BCUT2D eigenvalue weighted by Crippen LogP contribution is 2.33. The molecule has 0 saturated carbocycles. The molecule has 0 amide bonds. The van der Waals surface area contributed by atoms with Crippen LogP contribution in [0.15, 0.2) is 47.4 Å². The molecule has 106 valence electrons. The van der Waals surface area contributed by atoms with Crippen molar-refractivity contribution in [2.45, 2.75) is 16.8 Å². The molecule has 0 spiro atoms. The number of nitrogen functional groups attached to an aromatic ring is 1. The first-order valence-corrected chi connectivity index (χ1v) is 7.06. The van der Waals surface area contributed by atoms with Crippen molar-refractivity contribution in [1.29, 1.82) is 0 Å². The Bertz CT molecular complexity index is 596. The van der Waals surface area contributed by atoms with Crippen molar-refractivity contribution < 1.29 is 13.2 Å². The molecule has 2 N–H and O–H groups in total. The van der Waals surface area contributed by atoms with Crippen LogP contribution in [0.2, 0.25) is 5.02 Å². The second kappa shape index (κ2) is 5.97. The van der Waals surface area contributed by atoms with Crippen LogP contribution >= 0.6 is 23.4 Å². The van der Waals surface area contributed by atoms with Crippen molar-refractivity contribution >= 4 is 29.1 Å². The molecule has 0 aliphatic carbocycles. The van der Waals surface area contributed by atoms with Crippen molar-refractivity contribution in [3.8, 4) is 0 Å². The van der Waals surface area contributed by atoms with Crippen LogP contribution < -0.4 is 5.73 Å². The molecule has 1 nitrogen and oxygen atoms in total. The second-order valence-electron chi connectivity index (χ2n) is 4.17. The van der Waals surface area contributed by atoms with Crippen LogP contribution in [0.5, 0.6) is 0 Å². The maximum atomic E-state index is 12.4. The molecule has 0 bridgehead atoms. The summed E-state index contributed by atoms with van der Waals surface area (Å²) in [7, 11) is 0. The molecule has 0 aromatic heterocycles. The number of benzene rings is 2. The number of nitrogens with two attached hydrogens (primary N) is 1. The van der Waals surface area contributed by atoms with Gasteiger partial charge in [-0.05, 0) is 35.9 Å². The van der Waals surface area contributed by atoms with Gasteiger partial charge in [0.1, 0.15) is 0 Å². The van der Waals surface area contributed by atoms with Gasteiger partial charge < -0.3 is 5.73 Å². The lowest BCUT2D eigenvalue weighted by Crippen LogP contribution is -2.04. The Balaban J connectivity index is 2.06. The highest BCUT2D eigenvalue weighted by Gasteiger charge is 2.29. The third-order valence-electron chi connectivity index (χ3n) is 2.63. The number of halogens is 4. The van der Waals surface area contributed by atoms with Gasteiger partial charge in [-0.3, -0.25) is 0 Å². The smallest absolute Gasteiger partial charge is 0.399 e. The number of anilines is 1. The van der Waals surface area contributed by atoms with Gasteiger partial charge in [-0.15, -0.1) is 11.8 Å². The molecule has 0 atom stereocenters. The summed E-state index contributed by atoms with van der Waals surface area (Å²) in [5.74, 6) is 0.529. The van der Waals surface area contributed by atoms with Gasteiger partial charge in [-0.25, -0.2) is 0 Å². The summed E-state index contributed by atoms with van der Waals surface area (Å²) in [6.45, 7) is 0. The van der Waals surface area contributed by atoms with Crippen LogP contribution in [0.4, 0.5) is 18.9 Å². The summed E-state index contributed by atoms with van der Waals surface area (Å²) in [4.78, 5) is 0.812. The minimum Gasteiger partial charge on any atom is -0.399 e. The Kier molecular flexibility index (Phi) is 4.50. The van der Waals surface area contributed by atoms with Crippen molar-refractivity contribution in [2.24, 2.45) is 0 Å². The third kappa shape index (κ3) is 3.84. The predicted molar refractivity (Wildman–Crippen MR) is 76.9 cm³/mol. The van der Waals surface area contributed by atoms with Gasteiger partial charge in [-0.1, -0.05) is 23.7 Å². The molecule has 0 fully saturated rings. The molecule has 0 aliphatic rings. The van der Waals surface area contributed by atoms with Gasteiger partial charge in [0.15, 0.2) is 0 Å². The lowest BCUT2D eigenvalue weighted by molar-refractivity contribution is -0.137. The zero-order chi connectivity index (χ0) is 14.8. The molecule has 2 rings (SSSR count). The average molecular weight is 318 g/mol. The highest BCUT2D eigenvalue weighted by atomic mass is 35.5. The van der Waals surface area contributed by atoms with E-state index in [4.69, 9.17) is 17.3 Å². The van der Waals surface area contributed by atoms with Crippen molar-refractivity contribution in [3.63, 3.8) is 0 Å². The van der Waals surface area contributed by atoms with E-state index in [1.165, 1.54) is 23.9 Å². The van der Waals surface area contributed by atoms with E-state index in [9.17, 15) is 13.2 Å². The second-order valence-corrected chi connectivity index (χ2v) is 5.60. The molecule has 0 unspecified atom stereocenters. The van der Waals surface area contributed by atoms with Gasteiger partial charge in [0, 0.05) is 16.3 Å². The van der Waals surface area contributed by atoms with Crippen LogP contribution in [0, 0.1) is 0 Å². The van der Waals surface area contributed by atoms with E-state index in [1.807, 2.05) is 0 Å². The maximum Gasteiger partial charge on any atom is 0.416 e. The molecule has 2 aromatic carbocycles. The minimum absolute atomic E-state index is 0.529. The number of rotatable bonds is 3. The first-order valence-electron chi connectivity index (χ1n) is 5.70. The van der Waals surface area contributed by atoms with E-state index in [1.54, 1.807) is 18.2 Å². The van der Waals surface area contributed by atoms with E-state index in [0.717, 1.165) is 22.6 Å². The van der Waals surface area contributed by atoms with Crippen LogP contribution in [0.25, 0.3) is 0 Å². The summed E-state index contributed by atoms with van der Waals surface area (Å²) in [6.07, 6.45) is -4.30. The fraction of sp³-hybridized carbons (Fsp3) is 0.143. The number of thioether (sulfide) groups is 1. The Morgan fingerprint density at radius 2 is 1.70 bits per heavy atom. The molecule has 2 aromatic rings. The molecule has 0 radical (unpaired) electrons. The molecule has 0 aliphatic heterocycles. The van der Waals surface area contributed by atoms with Gasteiger partial charge in [0.25, 0.3) is 0 Å². The zero-order valence-electron chi connectivity index (χ0n) is 10.2. The topological polar surface area (TPSA) is 26.0 Å². The lowest BCUT2D eigenvalue weighted by atomic mass is 10.1. The van der Waals surface area contributed by atoms with E-state index in [2.05, 4.69) is 0 Å². The fourth-order valence-corrected chi connectivity index (χ4v) is 2.80. The largest absolute Gasteiger partial charge is 0.416 e. The maximum absolute atomic E-state index is 12.4. The first kappa shape index (κ1) is 15.1. The third-order valence-corrected chi connectivity index (χ3v) is 4.20. The Morgan fingerprint density at radius 3 is 2.30 bits per heavy atom. The summed E-state index contributed by atoms with van der Waals surface area (Å²) < 4.78 is 37.3. The van der Waals surface area contributed by atoms with Crippen LogP contribution in [-0.2, 0) is 11.9 Å². The summed E-state index contributed by atoms with van der Waals surface area (Å²) in [6, 6.07) is 10.2. The summed E-state index contributed by atoms with van der Waals surface area (Å²) in [5.41, 5.74) is 6.42.